The van der Waals surface area contributed by atoms with Gasteiger partial charge < -0.3 is 10.1 Å². The zero-order valence-electron chi connectivity index (χ0n) is 12.8. The van der Waals surface area contributed by atoms with Crippen LogP contribution in [0.5, 0.6) is 5.75 Å². The second-order valence-corrected chi connectivity index (χ2v) is 5.12. The van der Waals surface area contributed by atoms with Crippen molar-refractivity contribution in [2.45, 2.75) is 25.8 Å². The average Bonchev–Trinajstić information content (AvgIpc) is 2.88. The number of aryl methyl sites for hydroxylation is 1. The number of halogens is 1. The van der Waals surface area contributed by atoms with Crippen LogP contribution in [0.3, 0.4) is 0 Å². The molecule has 1 N–H and O–H groups in total. The van der Waals surface area contributed by atoms with Crippen molar-refractivity contribution in [1.29, 1.82) is 0 Å². The molecule has 1 atom stereocenters. The zero-order valence-corrected chi connectivity index (χ0v) is 12.8. The summed E-state index contributed by atoms with van der Waals surface area (Å²) in [5.41, 5.74) is 1.74. The Morgan fingerprint density at radius 2 is 2.24 bits per heavy atom. The van der Waals surface area contributed by atoms with Crippen LogP contribution in [-0.2, 0) is 13.5 Å². The molecule has 0 bridgehead atoms. The van der Waals surface area contributed by atoms with Gasteiger partial charge in [-0.15, -0.1) is 0 Å². The van der Waals surface area contributed by atoms with Gasteiger partial charge in [0.15, 0.2) is 0 Å². The average molecular weight is 291 g/mol. The van der Waals surface area contributed by atoms with Gasteiger partial charge in [-0.05, 0) is 31.0 Å². The quantitative estimate of drug-likeness (QED) is 0.852. The second-order valence-electron chi connectivity index (χ2n) is 5.12. The molecule has 21 heavy (non-hydrogen) atoms. The summed E-state index contributed by atoms with van der Waals surface area (Å²) in [6.07, 6.45) is 5.49. The Bertz CT molecular complexity index is 583. The van der Waals surface area contributed by atoms with E-state index in [1.807, 2.05) is 19.4 Å². The molecular weight excluding hydrogens is 269 g/mol. The first-order chi connectivity index (χ1) is 10.1. The van der Waals surface area contributed by atoms with Crippen molar-refractivity contribution in [3.05, 3.63) is 47.5 Å². The van der Waals surface area contributed by atoms with Crippen LogP contribution in [0.15, 0.2) is 30.6 Å². The molecule has 1 aromatic heterocycles. The molecule has 0 aliphatic carbocycles. The monoisotopic (exact) mass is 291 g/mol. The maximum absolute atomic E-state index is 14.3. The predicted octanol–water partition coefficient (Wildman–Crippen LogP) is 2.85. The molecule has 0 aliphatic heterocycles. The minimum Gasteiger partial charge on any atom is -0.497 e. The van der Waals surface area contributed by atoms with Crippen molar-refractivity contribution < 1.29 is 9.13 Å². The van der Waals surface area contributed by atoms with Gasteiger partial charge in [0.1, 0.15) is 11.6 Å². The van der Waals surface area contributed by atoms with Crippen LogP contribution in [0.4, 0.5) is 4.39 Å². The minimum atomic E-state index is -0.244. The number of nitrogens with one attached hydrogen (secondary N) is 1. The first-order valence-electron chi connectivity index (χ1n) is 7.18. The zero-order chi connectivity index (χ0) is 15.2. The Morgan fingerprint density at radius 1 is 1.43 bits per heavy atom. The summed E-state index contributed by atoms with van der Waals surface area (Å²) in [6.45, 7) is 2.94. The Kier molecular flexibility index (Phi) is 5.33. The standard InChI is InChI=1S/C16H22FN3O/c1-4-7-18-16(8-12-10-19-20(2)11-12)14-6-5-13(21-3)9-15(14)17/h5-6,9-11,16,18H,4,7-8H2,1-3H3. The normalized spacial score (nSPS) is 12.4. The van der Waals surface area contributed by atoms with Gasteiger partial charge in [0.05, 0.1) is 13.3 Å². The van der Waals surface area contributed by atoms with Crippen LogP contribution in [0, 0.1) is 5.82 Å². The molecule has 1 aromatic carbocycles. The highest BCUT2D eigenvalue weighted by molar-refractivity contribution is 5.31. The molecule has 4 nitrogen and oxygen atoms in total. The number of nitrogens with zero attached hydrogens (tertiary/aromatic N) is 2. The van der Waals surface area contributed by atoms with Crippen LogP contribution in [0.25, 0.3) is 0 Å². The number of ether oxygens (including phenoxy) is 1. The predicted molar refractivity (Wildman–Crippen MR) is 80.9 cm³/mol. The topological polar surface area (TPSA) is 39.1 Å². The third kappa shape index (κ3) is 4.04. The van der Waals surface area contributed by atoms with Crippen molar-refractivity contribution in [2.75, 3.05) is 13.7 Å². The molecule has 0 saturated heterocycles. The minimum absolute atomic E-state index is 0.0694. The van der Waals surface area contributed by atoms with Crippen molar-refractivity contribution >= 4 is 0 Å². The van der Waals surface area contributed by atoms with Crippen LogP contribution in [0.1, 0.15) is 30.5 Å². The van der Waals surface area contributed by atoms with E-state index in [0.717, 1.165) is 18.5 Å². The Labute approximate surface area is 124 Å². The van der Waals surface area contributed by atoms with Gasteiger partial charge in [-0.2, -0.15) is 5.10 Å². The van der Waals surface area contributed by atoms with E-state index in [4.69, 9.17) is 4.74 Å². The summed E-state index contributed by atoms with van der Waals surface area (Å²) in [4.78, 5) is 0. The van der Waals surface area contributed by atoms with Crippen molar-refractivity contribution in [3.63, 3.8) is 0 Å². The molecule has 0 amide bonds. The Hall–Kier alpha value is -1.88. The lowest BCUT2D eigenvalue weighted by Gasteiger charge is -2.19. The van der Waals surface area contributed by atoms with Crippen molar-refractivity contribution in [2.24, 2.45) is 7.05 Å². The molecule has 114 valence electrons. The number of methoxy groups -OCH3 is 1. The lowest BCUT2D eigenvalue weighted by molar-refractivity contribution is 0.409. The van der Waals surface area contributed by atoms with Gasteiger partial charge in [0.25, 0.3) is 0 Å². The molecule has 0 aliphatic rings. The van der Waals surface area contributed by atoms with Crippen LogP contribution < -0.4 is 10.1 Å². The largest absolute Gasteiger partial charge is 0.497 e. The highest BCUT2D eigenvalue weighted by atomic mass is 19.1. The number of hydrogen-bond acceptors (Lipinski definition) is 3. The fraction of sp³-hybridized carbons (Fsp3) is 0.438. The third-order valence-electron chi connectivity index (χ3n) is 3.42. The lowest BCUT2D eigenvalue weighted by atomic mass is 9.99. The molecule has 2 rings (SSSR count). The maximum atomic E-state index is 14.3. The molecule has 1 unspecified atom stereocenters. The van der Waals surface area contributed by atoms with E-state index in [2.05, 4.69) is 17.3 Å². The van der Waals surface area contributed by atoms with Crippen LogP contribution in [-0.4, -0.2) is 23.4 Å². The highest BCUT2D eigenvalue weighted by Gasteiger charge is 2.17. The first kappa shape index (κ1) is 15.5. The summed E-state index contributed by atoms with van der Waals surface area (Å²) < 4.78 is 21.1. The summed E-state index contributed by atoms with van der Waals surface area (Å²) in [5, 5.41) is 7.57. The molecule has 0 saturated carbocycles. The van der Waals surface area contributed by atoms with Crippen LogP contribution >= 0.6 is 0 Å². The lowest BCUT2D eigenvalue weighted by Crippen LogP contribution is -2.25. The fourth-order valence-corrected chi connectivity index (χ4v) is 2.34. The maximum Gasteiger partial charge on any atom is 0.131 e. The number of aromatic nitrogens is 2. The number of rotatable bonds is 7. The van der Waals surface area contributed by atoms with E-state index in [1.165, 1.54) is 13.2 Å². The molecular formula is C16H22FN3O. The van der Waals surface area contributed by atoms with E-state index < -0.39 is 0 Å². The molecule has 2 aromatic rings. The second kappa shape index (κ2) is 7.22. The van der Waals surface area contributed by atoms with E-state index >= 15 is 0 Å². The molecule has 0 fully saturated rings. The first-order valence-corrected chi connectivity index (χ1v) is 7.18. The van der Waals surface area contributed by atoms with Gasteiger partial charge >= 0.3 is 0 Å². The summed E-state index contributed by atoms with van der Waals surface area (Å²) in [7, 11) is 3.42. The van der Waals surface area contributed by atoms with E-state index in [1.54, 1.807) is 16.8 Å². The Balaban J connectivity index is 2.22. The third-order valence-corrected chi connectivity index (χ3v) is 3.42. The van der Waals surface area contributed by atoms with Gasteiger partial charge in [-0.1, -0.05) is 13.0 Å². The smallest absolute Gasteiger partial charge is 0.131 e. The molecule has 0 spiro atoms. The highest BCUT2D eigenvalue weighted by Crippen LogP contribution is 2.24. The van der Waals surface area contributed by atoms with E-state index in [0.29, 0.717) is 17.7 Å². The summed E-state index contributed by atoms with van der Waals surface area (Å²) in [5.74, 6) is 0.290. The summed E-state index contributed by atoms with van der Waals surface area (Å²) >= 11 is 0. The molecule has 0 radical (unpaired) electrons. The molecule has 5 heteroatoms. The van der Waals surface area contributed by atoms with Gasteiger partial charge in [0.2, 0.25) is 0 Å². The SMILES string of the molecule is CCCNC(Cc1cnn(C)c1)c1ccc(OC)cc1F. The van der Waals surface area contributed by atoms with Gasteiger partial charge in [0, 0.05) is 30.9 Å². The van der Waals surface area contributed by atoms with Gasteiger partial charge in [-0.3, -0.25) is 4.68 Å². The van der Waals surface area contributed by atoms with Gasteiger partial charge in [-0.25, -0.2) is 4.39 Å². The Morgan fingerprint density at radius 3 is 2.81 bits per heavy atom. The van der Waals surface area contributed by atoms with E-state index in [-0.39, 0.29) is 11.9 Å². The van der Waals surface area contributed by atoms with Crippen molar-refractivity contribution in [3.8, 4) is 5.75 Å². The fourth-order valence-electron chi connectivity index (χ4n) is 2.34. The summed E-state index contributed by atoms with van der Waals surface area (Å²) in [6, 6.07) is 4.94. The van der Waals surface area contributed by atoms with E-state index in [9.17, 15) is 4.39 Å². The van der Waals surface area contributed by atoms with Crippen molar-refractivity contribution in [1.82, 2.24) is 15.1 Å². The number of benzene rings is 1. The van der Waals surface area contributed by atoms with Crippen LogP contribution in [0.2, 0.25) is 0 Å². The molecule has 1 heterocycles. The number of hydrogen-bond donors (Lipinski definition) is 1.